The predicted molar refractivity (Wildman–Crippen MR) is 88.9 cm³/mol. The van der Waals surface area contributed by atoms with Gasteiger partial charge in [-0.15, -0.1) is 0 Å². The monoisotopic (exact) mass is 297 g/mol. The quantitative estimate of drug-likeness (QED) is 0.794. The molecular formula is C17H19N3O2. The van der Waals surface area contributed by atoms with Crippen LogP contribution in [0.5, 0.6) is 0 Å². The van der Waals surface area contributed by atoms with Gasteiger partial charge in [-0.05, 0) is 43.3 Å². The molecule has 0 saturated carbocycles. The maximum Gasteiger partial charge on any atom is 0.246 e. The van der Waals surface area contributed by atoms with Crippen LogP contribution in [0.1, 0.15) is 13.8 Å². The average molecular weight is 297 g/mol. The van der Waals surface area contributed by atoms with Gasteiger partial charge in [0, 0.05) is 24.0 Å². The molecule has 0 aromatic heterocycles. The molecule has 0 aliphatic heterocycles. The second kappa shape index (κ2) is 7.26. The highest BCUT2D eigenvalue weighted by Gasteiger charge is 2.12. The Bertz CT molecular complexity index is 639. The molecule has 3 N–H and O–H groups in total. The van der Waals surface area contributed by atoms with Gasteiger partial charge in [0.2, 0.25) is 11.8 Å². The van der Waals surface area contributed by atoms with E-state index in [-0.39, 0.29) is 17.9 Å². The molecular weight excluding hydrogens is 278 g/mol. The number of hydrogen-bond acceptors (Lipinski definition) is 3. The molecule has 5 heteroatoms. The fourth-order valence-electron chi connectivity index (χ4n) is 1.94. The first-order valence-corrected chi connectivity index (χ1v) is 7.04. The van der Waals surface area contributed by atoms with Crippen molar-refractivity contribution in [3.63, 3.8) is 0 Å². The number of nitrogens with one attached hydrogen (secondary N) is 3. The SMILES string of the molecule is CC(=O)Nc1ccc(N[C@@H](C)C(=O)Nc2ccccc2)cc1. The number of para-hydroxylation sites is 1. The Hall–Kier alpha value is -2.82. The van der Waals surface area contributed by atoms with Crippen LogP contribution < -0.4 is 16.0 Å². The molecule has 22 heavy (non-hydrogen) atoms. The molecule has 0 aliphatic rings. The molecule has 0 heterocycles. The fraction of sp³-hybridized carbons (Fsp3) is 0.176. The van der Waals surface area contributed by atoms with Gasteiger partial charge >= 0.3 is 0 Å². The minimum atomic E-state index is -0.383. The highest BCUT2D eigenvalue weighted by atomic mass is 16.2. The van der Waals surface area contributed by atoms with Crippen LogP contribution in [0.2, 0.25) is 0 Å². The van der Waals surface area contributed by atoms with Crippen molar-refractivity contribution in [1.82, 2.24) is 0 Å². The topological polar surface area (TPSA) is 70.2 Å². The molecule has 0 unspecified atom stereocenters. The van der Waals surface area contributed by atoms with Crippen LogP contribution in [-0.4, -0.2) is 17.9 Å². The molecule has 0 bridgehead atoms. The summed E-state index contributed by atoms with van der Waals surface area (Å²) in [5.41, 5.74) is 2.30. The average Bonchev–Trinajstić information content (AvgIpc) is 2.49. The molecule has 2 aromatic carbocycles. The van der Waals surface area contributed by atoms with Crippen LogP contribution in [0.4, 0.5) is 17.1 Å². The smallest absolute Gasteiger partial charge is 0.246 e. The molecule has 5 nitrogen and oxygen atoms in total. The first-order valence-electron chi connectivity index (χ1n) is 7.04. The van der Waals surface area contributed by atoms with Crippen molar-refractivity contribution < 1.29 is 9.59 Å². The van der Waals surface area contributed by atoms with Crippen molar-refractivity contribution in [2.24, 2.45) is 0 Å². The van der Waals surface area contributed by atoms with Gasteiger partial charge in [-0.25, -0.2) is 0 Å². The van der Waals surface area contributed by atoms with Crippen molar-refractivity contribution in [3.8, 4) is 0 Å². The van der Waals surface area contributed by atoms with Crippen molar-refractivity contribution in [2.75, 3.05) is 16.0 Å². The summed E-state index contributed by atoms with van der Waals surface area (Å²) in [6, 6.07) is 16.1. The van der Waals surface area contributed by atoms with Crippen LogP contribution in [0.15, 0.2) is 54.6 Å². The van der Waals surface area contributed by atoms with Crippen molar-refractivity contribution >= 4 is 28.9 Å². The Labute approximate surface area is 129 Å². The van der Waals surface area contributed by atoms with Gasteiger partial charge in [-0.1, -0.05) is 18.2 Å². The van der Waals surface area contributed by atoms with Crippen molar-refractivity contribution in [2.45, 2.75) is 19.9 Å². The minimum Gasteiger partial charge on any atom is -0.374 e. The van der Waals surface area contributed by atoms with E-state index in [1.807, 2.05) is 42.5 Å². The molecule has 0 spiro atoms. The Morgan fingerprint density at radius 1 is 0.818 bits per heavy atom. The van der Waals surface area contributed by atoms with E-state index in [2.05, 4.69) is 16.0 Å². The number of rotatable bonds is 5. The minimum absolute atomic E-state index is 0.114. The van der Waals surface area contributed by atoms with E-state index in [1.54, 1.807) is 19.1 Å². The van der Waals surface area contributed by atoms with Crippen molar-refractivity contribution in [1.29, 1.82) is 0 Å². The third kappa shape index (κ3) is 4.63. The molecule has 2 rings (SSSR count). The van der Waals surface area contributed by atoms with Crippen LogP contribution in [0.3, 0.4) is 0 Å². The zero-order valence-corrected chi connectivity index (χ0v) is 12.6. The van der Waals surface area contributed by atoms with Gasteiger partial charge in [-0.2, -0.15) is 0 Å². The van der Waals surface area contributed by atoms with Crippen LogP contribution in [-0.2, 0) is 9.59 Å². The van der Waals surface area contributed by atoms with E-state index in [0.717, 1.165) is 17.1 Å². The highest BCUT2D eigenvalue weighted by Crippen LogP contribution is 2.15. The normalized spacial score (nSPS) is 11.4. The summed E-state index contributed by atoms with van der Waals surface area (Å²) < 4.78 is 0. The molecule has 0 aliphatic carbocycles. The summed E-state index contributed by atoms with van der Waals surface area (Å²) >= 11 is 0. The molecule has 1 atom stereocenters. The maximum absolute atomic E-state index is 12.1. The summed E-state index contributed by atoms with van der Waals surface area (Å²) in [6.45, 7) is 3.25. The number of anilines is 3. The van der Waals surface area contributed by atoms with E-state index in [0.29, 0.717) is 0 Å². The van der Waals surface area contributed by atoms with Gasteiger partial charge in [0.05, 0.1) is 0 Å². The maximum atomic E-state index is 12.1. The summed E-state index contributed by atoms with van der Waals surface area (Å²) in [7, 11) is 0. The molecule has 114 valence electrons. The second-order valence-corrected chi connectivity index (χ2v) is 4.98. The van der Waals surface area contributed by atoms with Gasteiger partial charge in [0.25, 0.3) is 0 Å². The number of carbonyl (C=O) groups excluding carboxylic acids is 2. The lowest BCUT2D eigenvalue weighted by atomic mass is 10.2. The number of benzene rings is 2. The van der Waals surface area contributed by atoms with Crippen LogP contribution in [0, 0.1) is 0 Å². The summed E-state index contributed by atoms with van der Waals surface area (Å²) in [5.74, 6) is -0.228. The fourth-order valence-corrected chi connectivity index (χ4v) is 1.94. The van der Waals surface area contributed by atoms with Crippen LogP contribution >= 0.6 is 0 Å². The Morgan fingerprint density at radius 2 is 1.36 bits per heavy atom. The summed E-state index contributed by atoms with van der Waals surface area (Å²) in [5, 5.41) is 8.65. The molecule has 2 aromatic rings. The lowest BCUT2D eigenvalue weighted by Crippen LogP contribution is -2.31. The van der Waals surface area contributed by atoms with Crippen LogP contribution in [0.25, 0.3) is 0 Å². The molecule has 0 fully saturated rings. The highest BCUT2D eigenvalue weighted by molar-refractivity contribution is 5.96. The second-order valence-electron chi connectivity index (χ2n) is 4.98. The van der Waals surface area contributed by atoms with Gasteiger partial charge in [0.1, 0.15) is 6.04 Å². The Morgan fingerprint density at radius 3 is 1.95 bits per heavy atom. The van der Waals surface area contributed by atoms with E-state index >= 15 is 0 Å². The first-order chi connectivity index (χ1) is 10.5. The zero-order valence-electron chi connectivity index (χ0n) is 12.6. The van der Waals surface area contributed by atoms with E-state index < -0.39 is 0 Å². The summed E-state index contributed by atoms with van der Waals surface area (Å²) in [6.07, 6.45) is 0. The number of hydrogen-bond donors (Lipinski definition) is 3. The molecule has 0 saturated heterocycles. The standard InChI is InChI=1S/C17H19N3O2/c1-12(17(22)20-14-6-4-3-5-7-14)18-15-8-10-16(11-9-15)19-13(2)21/h3-12,18H,1-2H3,(H,19,21)(H,20,22)/t12-/m0/s1. The third-order valence-corrected chi connectivity index (χ3v) is 3.02. The largest absolute Gasteiger partial charge is 0.374 e. The number of amides is 2. The van der Waals surface area contributed by atoms with E-state index in [4.69, 9.17) is 0 Å². The van der Waals surface area contributed by atoms with E-state index in [1.165, 1.54) is 6.92 Å². The van der Waals surface area contributed by atoms with E-state index in [9.17, 15) is 9.59 Å². The zero-order chi connectivity index (χ0) is 15.9. The van der Waals surface area contributed by atoms with Gasteiger partial charge in [0.15, 0.2) is 0 Å². The lowest BCUT2D eigenvalue weighted by Gasteiger charge is -2.15. The predicted octanol–water partition coefficient (Wildman–Crippen LogP) is 3.08. The van der Waals surface area contributed by atoms with Crippen molar-refractivity contribution in [3.05, 3.63) is 54.6 Å². The third-order valence-electron chi connectivity index (χ3n) is 3.02. The number of carbonyl (C=O) groups is 2. The first kappa shape index (κ1) is 15.6. The summed E-state index contributed by atoms with van der Waals surface area (Å²) in [4.78, 5) is 23.1. The van der Waals surface area contributed by atoms with Gasteiger partial charge < -0.3 is 16.0 Å². The molecule has 0 radical (unpaired) electrons. The Balaban J connectivity index is 1.92. The Kier molecular flexibility index (Phi) is 5.14. The van der Waals surface area contributed by atoms with Gasteiger partial charge in [-0.3, -0.25) is 9.59 Å². The lowest BCUT2D eigenvalue weighted by molar-refractivity contribution is -0.116. The molecule has 2 amide bonds.